The van der Waals surface area contributed by atoms with Crippen LogP contribution in [0.4, 0.5) is 0 Å². The number of aliphatic carboxylic acids is 1. The summed E-state index contributed by atoms with van der Waals surface area (Å²) in [7, 11) is 1.56. The van der Waals surface area contributed by atoms with E-state index in [4.69, 9.17) is 4.74 Å². The highest BCUT2D eigenvalue weighted by atomic mass is 16.5. The highest BCUT2D eigenvalue weighted by molar-refractivity contribution is 5.85. The van der Waals surface area contributed by atoms with E-state index in [2.05, 4.69) is 12.1 Å². The molecular formula is C18H23NO4. The molecule has 3 unspecified atom stereocenters. The molecule has 1 heterocycles. The van der Waals surface area contributed by atoms with Crippen molar-refractivity contribution in [3.63, 3.8) is 0 Å². The van der Waals surface area contributed by atoms with Gasteiger partial charge in [-0.3, -0.25) is 4.79 Å². The van der Waals surface area contributed by atoms with Crippen molar-refractivity contribution in [3.05, 3.63) is 35.4 Å². The Kier molecular flexibility index (Phi) is 4.66. The van der Waals surface area contributed by atoms with Crippen molar-refractivity contribution in [2.45, 2.75) is 50.2 Å². The van der Waals surface area contributed by atoms with Crippen molar-refractivity contribution >= 4 is 11.9 Å². The maximum atomic E-state index is 12.7. The van der Waals surface area contributed by atoms with Crippen LogP contribution in [0.25, 0.3) is 0 Å². The van der Waals surface area contributed by atoms with Gasteiger partial charge in [-0.15, -0.1) is 0 Å². The van der Waals surface area contributed by atoms with Gasteiger partial charge in [-0.05, 0) is 36.3 Å². The van der Waals surface area contributed by atoms with Crippen LogP contribution in [-0.2, 0) is 20.7 Å². The Labute approximate surface area is 136 Å². The summed E-state index contributed by atoms with van der Waals surface area (Å²) >= 11 is 0. The minimum absolute atomic E-state index is 0.0707. The molecule has 1 aromatic carbocycles. The number of carbonyl (C=O) groups is 2. The van der Waals surface area contributed by atoms with Crippen LogP contribution in [0.5, 0.6) is 0 Å². The van der Waals surface area contributed by atoms with Crippen LogP contribution in [0.2, 0.25) is 0 Å². The lowest BCUT2D eigenvalue weighted by atomic mass is 9.81. The lowest BCUT2D eigenvalue weighted by Crippen LogP contribution is -2.41. The molecule has 3 rings (SSSR count). The number of ether oxygens (including phenoxy) is 1. The quantitative estimate of drug-likeness (QED) is 0.924. The van der Waals surface area contributed by atoms with E-state index >= 15 is 0 Å². The zero-order valence-corrected chi connectivity index (χ0v) is 13.4. The summed E-state index contributed by atoms with van der Waals surface area (Å²) in [5.74, 6) is -0.816. The zero-order chi connectivity index (χ0) is 16.4. The predicted molar refractivity (Wildman–Crippen MR) is 85.3 cm³/mol. The van der Waals surface area contributed by atoms with Gasteiger partial charge in [-0.25, -0.2) is 4.79 Å². The first-order chi connectivity index (χ1) is 11.1. The first-order valence-corrected chi connectivity index (χ1v) is 8.23. The Morgan fingerprint density at radius 1 is 1.35 bits per heavy atom. The van der Waals surface area contributed by atoms with Gasteiger partial charge in [0.15, 0.2) is 0 Å². The lowest BCUT2D eigenvalue weighted by molar-refractivity contribution is -0.148. The van der Waals surface area contributed by atoms with Crippen LogP contribution < -0.4 is 0 Å². The van der Waals surface area contributed by atoms with Crippen molar-refractivity contribution in [1.82, 2.24) is 4.90 Å². The number of rotatable bonds is 4. The maximum absolute atomic E-state index is 12.7. The summed E-state index contributed by atoms with van der Waals surface area (Å²) in [6, 6.07) is 7.52. The summed E-state index contributed by atoms with van der Waals surface area (Å²) < 4.78 is 5.26. The third-order valence-corrected chi connectivity index (χ3v) is 5.12. The molecule has 1 amide bonds. The minimum Gasteiger partial charge on any atom is -0.480 e. The van der Waals surface area contributed by atoms with Gasteiger partial charge in [0.05, 0.1) is 6.10 Å². The van der Waals surface area contributed by atoms with E-state index < -0.39 is 12.0 Å². The van der Waals surface area contributed by atoms with Crippen LogP contribution in [0.3, 0.4) is 0 Å². The third-order valence-electron chi connectivity index (χ3n) is 5.12. The predicted octanol–water partition coefficient (Wildman–Crippen LogP) is 2.20. The second-order valence-corrected chi connectivity index (χ2v) is 6.49. The first kappa shape index (κ1) is 16.0. The van der Waals surface area contributed by atoms with E-state index in [1.54, 1.807) is 7.11 Å². The van der Waals surface area contributed by atoms with E-state index in [1.165, 1.54) is 16.0 Å². The Morgan fingerprint density at radius 3 is 2.87 bits per heavy atom. The maximum Gasteiger partial charge on any atom is 0.326 e. The van der Waals surface area contributed by atoms with Crippen LogP contribution in [0, 0.1) is 0 Å². The van der Waals surface area contributed by atoms with E-state index in [1.807, 2.05) is 12.1 Å². The Hall–Kier alpha value is -1.88. The van der Waals surface area contributed by atoms with Crippen LogP contribution in [-0.4, -0.2) is 47.7 Å². The molecule has 2 aliphatic rings. The average molecular weight is 317 g/mol. The number of methoxy groups -OCH3 is 1. The second-order valence-electron chi connectivity index (χ2n) is 6.49. The average Bonchev–Trinajstić information content (AvgIpc) is 3.00. The van der Waals surface area contributed by atoms with E-state index in [-0.39, 0.29) is 17.9 Å². The minimum atomic E-state index is -0.943. The molecule has 23 heavy (non-hydrogen) atoms. The molecule has 1 aliphatic carbocycles. The van der Waals surface area contributed by atoms with E-state index in [0.717, 1.165) is 19.3 Å². The molecule has 0 saturated carbocycles. The lowest BCUT2D eigenvalue weighted by Gasteiger charge is -2.28. The third kappa shape index (κ3) is 3.24. The van der Waals surface area contributed by atoms with Crippen LogP contribution >= 0.6 is 0 Å². The molecule has 0 spiro atoms. The van der Waals surface area contributed by atoms with Gasteiger partial charge in [-0.1, -0.05) is 24.3 Å². The van der Waals surface area contributed by atoms with Crippen LogP contribution in [0.1, 0.15) is 42.7 Å². The molecule has 5 nitrogen and oxygen atoms in total. The molecule has 1 aliphatic heterocycles. The van der Waals surface area contributed by atoms with Crippen molar-refractivity contribution in [2.24, 2.45) is 0 Å². The highest BCUT2D eigenvalue weighted by Crippen LogP contribution is 2.35. The van der Waals surface area contributed by atoms with Gasteiger partial charge in [0.1, 0.15) is 6.04 Å². The number of carbonyl (C=O) groups excluding carboxylic acids is 1. The number of fused-ring (bicyclic) bond motifs is 1. The number of likely N-dealkylation sites (tertiary alicyclic amines) is 1. The number of hydrogen-bond donors (Lipinski definition) is 1. The van der Waals surface area contributed by atoms with Crippen LogP contribution in [0.15, 0.2) is 24.3 Å². The number of aryl methyl sites for hydroxylation is 1. The van der Waals surface area contributed by atoms with Gasteiger partial charge >= 0.3 is 5.97 Å². The Balaban J connectivity index is 1.73. The van der Waals surface area contributed by atoms with Crippen molar-refractivity contribution in [3.8, 4) is 0 Å². The van der Waals surface area contributed by atoms with Crippen molar-refractivity contribution in [2.75, 3.05) is 13.7 Å². The number of nitrogens with zero attached hydrogens (tertiary/aromatic N) is 1. The molecule has 0 aromatic heterocycles. The van der Waals surface area contributed by atoms with Crippen molar-refractivity contribution in [1.29, 1.82) is 0 Å². The molecule has 1 N–H and O–H groups in total. The fourth-order valence-electron chi connectivity index (χ4n) is 3.87. The molecular weight excluding hydrogens is 294 g/mol. The number of carboxylic acid groups (broad SMARTS) is 1. The zero-order valence-electron chi connectivity index (χ0n) is 13.4. The summed E-state index contributed by atoms with van der Waals surface area (Å²) in [5.41, 5.74) is 2.57. The van der Waals surface area contributed by atoms with Gasteiger partial charge < -0.3 is 14.7 Å². The molecule has 124 valence electrons. The fraction of sp³-hybridized carbons (Fsp3) is 0.556. The SMILES string of the molecule is COC1CC(C(=O)O)N(C(=O)CC2CCCc3ccccc32)C1. The summed E-state index contributed by atoms with van der Waals surface area (Å²) in [6.45, 7) is 0.376. The fourth-order valence-corrected chi connectivity index (χ4v) is 3.87. The number of hydrogen-bond acceptors (Lipinski definition) is 3. The summed E-state index contributed by atoms with van der Waals surface area (Å²) in [5, 5.41) is 9.36. The molecule has 1 fully saturated rings. The Bertz CT molecular complexity index is 600. The van der Waals surface area contributed by atoms with Gasteiger partial charge in [0.2, 0.25) is 5.91 Å². The van der Waals surface area contributed by atoms with E-state index in [0.29, 0.717) is 19.4 Å². The normalized spacial score (nSPS) is 26.8. The van der Waals surface area contributed by atoms with Gasteiger partial charge in [0.25, 0.3) is 0 Å². The molecule has 1 aromatic rings. The first-order valence-electron chi connectivity index (χ1n) is 8.23. The molecule has 0 bridgehead atoms. The molecule has 3 atom stereocenters. The highest BCUT2D eigenvalue weighted by Gasteiger charge is 2.40. The van der Waals surface area contributed by atoms with E-state index in [9.17, 15) is 14.7 Å². The number of benzene rings is 1. The monoisotopic (exact) mass is 317 g/mol. The van der Waals surface area contributed by atoms with Crippen molar-refractivity contribution < 1.29 is 19.4 Å². The summed E-state index contributed by atoms with van der Waals surface area (Å²) in [6.07, 6.45) is 3.71. The second kappa shape index (κ2) is 6.71. The topological polar surface area (TPSA) is 66.8 Å². The standard InChI is InChI=1S/C18H23NO4/c1-23-14-10-16(18(21)22)19(11-14)17(20)9-13-7-4-6-12-5-2-3-8-15(12)13/h2-3,5,8,13-14,16H,4,6-7,9-11H2,1H3,(H,21,22). The Morgan fingerprint density at radius 2 is 2.13 bits per heavy atom. The number of carboxylic acids is 1. The largest absolute Gasteiger partial charge is 0.480 e. The van der Waals surface area contributed by atoms with Gasteiger partial charge in [-0.2, -0.15) is 0 Å². The smallest absolute Gasteiger partial charge is 0.326 e. The summed E-state index contributed by atoms with van der Waals surface area (Å²) in [4.78, 5) is 25.6. The van der Waals surface area contributed by atoms with Gasteiger partial charge in [0, 0.05) is 26.5 Å². The number of amides is 1. The molecule has 1 saturated heterocycles. The molecule has 5 heteroatoms. The molecule has 0 radical (unpaired) electrons.